The molecule has 0 saturated carbocycles. The summed E-state index contributed by atoms with van der Waals surface area (Å²) < 4.78 is 5.33. The second-order valence-corrected chi connectivity index (χ2v) is 11.3. The Morgan fingerprint density at radius 2 is 1.75 bits per heavy atom. The number of ketones is 1. The van der Waals surface area contributed by atoms with E-state index < -0.39 is 47.9 Å². The van der Waals surface area contributed by atoms with Gasteiger partial charge in [-0.25, -0.2) is 9.80 Å². The van der Waals surface area contributed by atoms with Crippen molar-refractivity contribution in [2.24, 2.45) is 11.8 Å². The highest BCUT2D eigenvalue weighted by atomic mass is 35.5. The lowest BCUT2D eigenvalue weighted by Crippen LogP contribution is -2.52. The molecule has 1 aliphatic carbocycles. The third-order valence-corrected chi connectivity index (χ3v) is 8.24. The Morgan fingerprint density at radius 3 is 2.42 bits per heavy atom. The number of carbonyl (C=O) groups excluding carboxylic acids is 5. The van der Waals surface area contributed by atoms with Gasteiger partial charge in [-0.2, -0.15) is 5.01 Å². The monoisotopic (exact) mass is 596 g/mol. The number of Topliss-reactive ketones (excluding diaryl/α,β-unsaturated/α-hetero) is 1. The molecular weight excluding hydrogens is 575 g/mol. The van der Waals surface area contributed by atoms with Crippen LogP contribution in [0.3, 0.4) is 0 Å². The molecule has 40 heavy (non-hydrogen) atoms. The van der Waals surface area contributed by atoms with Crippen molar-refractivity contribution in [2.75, 3.05) is 6.54 Å². The van der Waals surface area contributed by atoms with E-state index in [0.29, 0.717) is 22.7 Å². The van der Waals surface area contributed by atoms with E-state index in [1.807, 2.05) is 13.0 Å². The molecule has 1 saturated heterocycles. The molecule has 0 radical (unpaired) electrons. The van der Waals surface area contributed by atoms with Crippen molar-refractivity contribution in [3.8, 4) is 5.75 Å². The van der Waals surface area contributed by atoms with Crippen LogP contribution in [0.2, 0.25) is 10.0 Å². The zero-order valence-corrected chi connectivity index (χ0v) is 23.5. The van der Waals surface area contributed by atoms with Gasteiger partial charge in [0, 0.05) is 10.6 Å². The first-order valence-electron chi connectivity index (χ1n) is 12.3. The molecule has 1 aromatic heterocycles. The van der Waals surface area contributed by atoms with Crippen LogP contribution < -0.4 is 4.74 Å². The first kappa shape index (κ1) is 27.8. The zero-order valence-electron chi connectivity index (χ0n) is 21.1. The van der Waals surface area contributed by atoms with Gasteiger partial charge in [-0.15, -0.1) is 11.3 Å². The number of ether oxygens (including phenoxy) is 1. The molecule has 204 valence electrons. The van der Waals surface area contributed by atoms with Crippen LogP contribution in [-0.2, 0) is 9.59 Å². The Hall–Kier alpha value is -3.79. The lowest BCUT2D eigenvalue weighted by molar-refractivity contribution is -0.154. The number of hydrogen-bond acceptors (Lipinski definition) is 7. The standard InChI is InChI=1S/C29H22Cl2N2O6S/c1-16-4-10-20-22(13-16)28(37)33(27(20)36)32(26(35)21-11-7-18(30)14-23(21)31)15-24(34)17-5-8-19(9-6-17)39-29(38)25-3-2-12-40-25/h2-9,11-12,14,20,22H,10,13,15H2,1H3/t20-,22+/m1/s1. The summed E-state index contributed by atoms with van der Waals surface area (Å²) in [5.41, 5.74) is 1.16. The van der Waals surface area contributed by atoms with Crippen LogP contribution in [0.15, 0.2) is 71.6 Å². The minimum atomic E-state index is -0.790. The smallest absolute Gasteiger partial charge is 0.353 e. The molecule has 1 aliphatic heterocycles. The number of allylic oxidation sites excluding steroid dienone is 2. The van der Waals surface area contributed by atoms with E-state index in [0.717, 1.165) is 15.6 Å². The van der Waals surface area contributed by atoms with Crippen molar-refractivity contribution in [1.29, 1.82) is 0 Å². The summed E-state index contributed by atoms with van der Waals surface area (Å²) in [7, 11) is 0. The summed E-state index contributed by atoms with van der Waals surface area (Å²) in [6.07, 6.45) is 2.69. The zero-order chi connectivity index (χ0) is 28.6. The maximum atomic E-state index is 13.7. The van der Waals surface area contributed by atoms with Crippen LogP contribution in [0.25, 0.3) is 0 Å². The quantitative estimate of drug-likeness (QED) is 0.111. The van der Waals surface area contributed by atoms with Crippen LogP contribution in [0, 0.1) is 11.8 Å². The van der Waals surface area contributed by atoms with Crippen molar-refractivity contribution in [2.45, 2.75) is 19.8 Å². The second-order valence-electron chi connectivity index (χ2n) is 9.49. The fourth-order valence-electron chi connectivity index (χ4n) is 4.78. The van der Waals surface area contributed by atoms with E-state index >= 15 is 0 Å². The SMILES string of the molecule is CC1=CC[C@H]2C(=O)N(N(CC(=O)c3ccc(OC(=O)c4cccs4)cc3)C(=O)c3ccc(Cl)cc3Cl)C(=O)[C@H]2C1. The number of fused-ring (bicyclic) bond motifs is 1. The average molecular weight is 597 g/mol. The molecule has 1 fully saturated rings. The Kier molecular flexibility index (Phi) is 7.89. The largest absolute Gasteiger partial charge is 0.422 e. The van der Waals surface area contributed by atoms with Crippen molar-refractivity contribution >= 4 is 64.0 Å². The number of thiophene rings is 1. The number of nitrogens with zero attached hydrogens (tertiary/aromatic N) is 2. The van der Waals surface area contributed by atoms with Crippen molar-refractivity contribution in [1.82, 2.24) is 10.0 Å². The molecule has 0 bridgehead atoms. The highest BCUT2D eigenvalue weighted by Crippen LogP contribution is 2.39. The number of hydrazine groups is 1. The Labute approximate surface area is 243 Å². The van der Waals surface area contributed by atoms with Gasteiger partial charge in [0.05, 0.1) is 22.4 Å². The van der Waals surface area contributed by atoms with Crippen molar-refractivity contribution in [3.05, 3.63) is 97.7 Å². The molecule has 5 rings (SSSR count). The van der Waals surface area contributed by atoms with Crippen molar-refractivity contribution < 1.29 is 28.7 Å². The molecule has 2 aliphatic rings. The number of benzene rings is 2. The molecule has 0 spiro atoms. The van der Waals surface area contributed by atoms with Crippen molar-refractivity contribution in [3.63, 3.8) is 0 Å². The van der Waals surface area contributed by atoms with Gasteiger partial charge in [0.25, 0.3) is 17.7 Å². The van der Waals surface area contributed by atoms with E-state index in [4.69, 9.17) is 27.9 Å². The van der Waals surface area contributed by atoms with E-state index in [2.05, 4.69) is 0 Å². The third-order valence-electron chi connectivity index (χ3n) is 6.84. The number of rotatable bonds is 7. The number of hydrogen-bond donors (Lipinski definition) is 0. The molecule has 11 heteroatoms. The number of amides is 3. The molecule has 8 nitrogen and oxygen atoms in total. The van der Waals surface area contributed by atoms with Crippen LogP contribution in [0.4, 0.5) is 0 Å². The van der Waals surface area contributed by atoms with E-state index in [1.165, 1.54) is 53.8 Å². The molecule has 2 aromatic carbocycles. The minimum Gasteiger partial charge on any atom is -0.422 e. The first-order chi connectivity index (χ1) is 19.1. The average Bonchev–Trinajstić information content (AvgIpc) is 3.55. The van der Waals surface area contributed by atoms with Crippen LogP contribution in [0.5, 0.6) is 5.75 Å². The number of carbonyl (C=O) groups is 5. The first-order valence-corrected chi connectivity index (χ1v) is 14.0. The summed E-state index contributed by atoms with van der Waals surface area (Å²) in [5, 5.41) is 3.72. The lowest BCUT2D eigenvalue weighted by atomic mass is 9.82. The van der Waals surface area contributed by atoms with Gasteiger partial charge < -0.3 is 4.74 Å². The third kappa shape index (κ3) is 5.45. The van der Waals surface area contributed by atoms with Gasteiger partial charge in [0.1, 0.15) is 17.2 Å². The minimum absolute atomic E-state index is 0.0144. The summed E-state index contributed by atoms with van der Waals surface area (Å²) in [6.45, 7) is 1.29. The lowest BCUT2D eigenvalue weighted by Gasteiger charge is -2.30. The van der Waals surface area contributed by atoms with Gasteiger partial charge in [-0.3, -0.25) is 19.2 Å². The van der Waals surface area contributed by atoms with E-state index in [-0.39, 0.29) is 21.9 Å². The Bertz CT molecular complexity index is 1550. The molecule has 0 N–H and O–H groups in total. The molecule has 3 aromatic rings. The number of halogens is 2. The van der Waals surface area contributed by atoms with Gasteiger partial charge in [-0.1, -0.05) is 40.9 Å². The number of esters is 1. The van der Waals surface area contributed by atoms with Gasteiger partial charge in [0.15, 0.2) is 5.78 Å². The van der Waals surface area contributed by atoms with Crippen LogP contribution in [0.1, 0.15) is 50.2 Å². The summed E-state index contributed by atoms with van der Waals surface area (Å²) >= 11 is 13.5. The molecule has 2 atom stereocenters. The second kappa shape index (κ2) is 11.4. The summed E-state index contributed by atoms with van der Waals surface area (Å²) in [5.74, 6) is -3.93. The normalized spacial score (nSPS) is 18.3. The highest BCUT2D eigenvalue weighted by molar-refractivity contribution is 7.12. The van der Waals surface area contributed by atoms with E-state index in [9.17, 15) is 24.0 Å². The Morgan fingerprint density at radius 1 is 1.02 bits per heavy atom. The summed E-state index contributed by atoms with van der Waals surface area (Å²) in [4.78, 5) is 66.6. The molecule has 3 amide bonds. The Balaban J connectivity index is 1.41. The number of imide groups is 1. The maximum Gasteiger partial charge on any atom is 0.353 e. The van der Waals surface area contributed by atoms with E-state index in [1.54, 1.807) is 17.5 Å². The van der Waals surface area contributed by atoms with Crippen LogP contribution >= 0.6 is 34.5 Å². The predicted molar refractivity (Wildman–Crippen MR) is 149 cm³/mol. The molecule has 0 unspecified atom stereocenters. The summed E-state index contributed by atoms with van der Waals surface area (Å²) in [6, 6.07) is 13.4. The predicted octanol–water partition coefficient (Wildman–Crippen LogP) is 5.86. The fourth-order valence-corrected chi connectivity index (χ4v) is 5.87. The molecular formula is C29H22Cl2N2O6S. The highest BCUT2D eigenvalue weighted by Gasteiger charge is 2.52. The maximum absolute atomic E-state index is 13.7. The van der Waals surface area contributed by atoms with Crippen LogP contribution in [-0.4, -0.2) is 46.0 Å². The van der Waals surface area contributed by atoms with Gasteiger partial charge in [-0.05, 0) is 73.7 Å². The van der Waals surface area contributed by atoms with Gasteiger partial charge >= 0.3 is 5.97 Å². The fraction of sp³-hybridized carbons (Fsp3) is 0.207. The van der Waals surface area contributed by atoms with Gasteiger partial charge in [0.2, 0.25) is 0 Å². The molecule has 2 heterocycles. The topological polar surface area (TPSA) is 101 Å².